The van der Waals surface area contributed by atoms with E-state index >= 15 is 0 Å². The molecule has 1 amide bonds. The molecule has 3 aliphatic heterocycles. The average Bonchev–Trinajstić information content (AvgIpc) is 3.17. The van der Waals surface area contributed by atoms with Crippen molar-refractivity contribution in [3.63, 3.8) is 0 Å². The number of piperidine rings is 1. The Labute approximate surface area is 193 Å². The van der Waals surface area contributed by atoms with Crippen molar-refractivity contribution in [1.29, 1.82) is 0 Å². The van der Waals surface area contributed by atoms with Crippen molar-refractivity contribution < 1.29 is 27.4 Å². The monoisotopic (exact) mass is 469 g/mol. The molecule has 0 radical (unpaired) electrons. The summed E-state index contributed by atoms with van der Waals surface area (Å²) in [6.45, 7) is 9.04. The van der Waals surface area contributed by atoms with E-state index < -0.39 is 18.4 Å². The largest absolute Gasteiger partial charge is 0.437 e. The lowest BCUT2D eigenvalue weighted by Crippen LogP contribution is -2.53. The fourth-order valence-corrected chi connectivity index (χ4v) is 5.40. The molecule has 0 N–H and O–H groups in total. The summed E-state index contributed by atoms with van der Waals surface area (Å²) in [5.41, 5.74) is 3.86. The molecule has 9 heteroatoms. The standard InChI is InChI=1S/C24H34F3N3O3/c1-18-20(5-3-6-21(18)28-13-15-32-16-14-28)17-30-10-4-7-23(30)8-11-29(12-9-23)22(31)33-19(2)24(25,26)27/h3,5-6,19H,4,7-17H2,1-2H3. The van der Waals surface area contributed by atoms with Crippen molar-refractivity contribution >= 4 is 11.8 Å². The smallest absolute Gasteiger partial charge is 0.425 e. The predicted octanol–water partition coefficient (Wildman–Crippen LogP) is 4.35. The first-order valence-electron chi connectivity index (χ1n) is 11.9. The Morgan fingerprint density at radius 1 is 1.12 bits per heavy atom. The molecule has 1 aromatic rings. The average molecular weight is 470 g/mol. The van der Waals surface area contributed by atoms with E-state index in [0.29, 0.717) is 13.1 Å². The highest BCUT2D eigenvalue weighted by Crippen LogP contribution is 2.40. The molecule has 3 heterocycles. The van der Waals surface area contributed by atoms with E-state index in [1.165, 1.54) is 21.7 Å². The summed E-state index contributed by atoms with van der Waals surface area (Å²) >= 11 is 0. The van der Waals surface area contributed by atoms with Crippen LogP contribution in [0.2, 0.25) is 0 Å². The zero-order valence-corrected chi connectivity index (χ0v) is 19.5. The molecule has 3 fully saturated rings. The van der Waals surface area contributed by atoms with Crippen LogP contribution in [0, 0.1) is 6.92 Å². The first kappa shape index (κ1) is 24.1. The third-order valence-corrected chi connectivity index (χ3v) is 7.56. The molecular formula is C24H34F3N3O3. The topological polar surface area (TPSA) is 45.2 Å². The Balaban J connectivity index is 1.39. The lowest BCUT2D eigenvalue weighted by atomic mass is 9.84. The van der Waals surface area contributed by atoms with Gasteiger partial charge in [0.15, 0.2) is 6.10 Å². The van der Waals surface area contributed by atoms with Gasteiger partial charge in [0.25, 0.3) is 0 Å². The van der Waals surface area contributed by atoms with E-state index in [1.807, 2.05) is 0 Å². The number of morpholine rings is 1. The Bertz CT molecular complexity index is 834. The van der Waals surface area contributed by atoms with E-state index in [4.69, 9.17) is 4.74 Å². The first-order chi connectivity index (χ1) is 15.7. The highest BCUT2D eigenvalue weighted by Gasteiger charge is 2.45. The zero-order valence-electron chi connectivity index (χ0n) is 19.5. The molecule has 0 aliphatic carbocycles. The number of hydrogen-bond acceptors (Lipinski definition) is 5. The summed E-state index contributed by atoms with van der Waals surface area (Å²) in [7, 11) is 0. The van der Waals surface area contributed by atoms with E-state index in [0.717, 1.165) is 72.0 Å². The number of amides is 1. The number of carbonyl (C=O) groups excluding carboxylic acids is 1. The number of nitrogens with zero attached hydrogens (tertiary/aromatic N) is 3. The van der Waals surface area contributed by atoms with Gasteiger partial charge in [-0.2, -0.15) is 13.2 Å². The summed E-state index contributed by atoms with van der Waals surface area (Å²) in [4.78, 5) is 18.6. The first-order valence-corrected chi connectivity index (χ1v) is 11.9. The van der Waals surface area contributed by atoms with Crippen LogP contribution < -0.4 is 4.90 Å². The van der Waals surface area contributed by atoms with Gasteiger partial charge in [0.1, 0.15) is 0 Å². The molecule has 0 aromatic heterocycles. The third-order valence-electron chi connectivity index (χ3n) is 7.56. The van der Waals surface area contributed by atoms with Crippen LogP contribution in [-0.2, 0) is 16.0 Å². The fourth-order valence-electron chi connectivity index (χ4n) is 5.40. The number of likely N-dealkylation sites (tertiary alicyclic amines) is 2. The van der Waals surface area contributed by atoms with Gasteiger partial charge in [0.05, 0.1) is 13.2 Å². The minimum atomic E-state index is -4.54. The predicted molar refractivity (Wildman–Crippen MR) is 119 cm³/mol. The van der Waals surface area contributed by atoms with Crippen LogP contribution in [0.25, 0.3) is 0 Å². The van der Waals surface area contributed by atoms with Crippen molar-refractivity contribution in [1.82, 2.24) is 9.80 Å². The van der Waals surface area contributed by atoms with Gasteiger partial charge < -0.3 is 19.3 Å². The molecule has 0 bridgehead atoms. The van der Waals surface area contributed by atoms with Gasteiger partial charge in [-0.1, -0.05) is 12.1 Å². The highest BCUT2D eigenvalue weighted by atomic mass is 19.4. The summed E-state index contributed by atoms with van der Waals surface area (Å²) in [5.74, 6) is 0. The van der Waals surface area contributed by atoms with E-state index in [2.05, 4.69) is 39.7 Å². The number of carbonyl (C=O) groups is 1. The second kappa shape index (κ2) is 9.70. The lowest BCUT2D eigenvalue weighted by molar-refractivity contribution is -0.200. The van der Waals surface area contributed by atoms with E-state index in [1.54, 1.807) is 0 Å². The van der Waals surface area contributed by atoms with Gasteiger partial charge in [-0.05, 0) is 63.3 Å². The summed E-state index contributed by atoms with van der Waals surface area (Å²) in [6.07, 6.45) is -3.84. The van der Waals surface area contributed by atoms with Crippen molar-refractivity contribution in [3.8, 4) is 0 Å². The Kier molecular flexibility index (Phi) is 7.09. The zero-order chi connectivity index (χ0) is 23.6. The molecule has 3 aliphatic rings. The van der Waals surface area contributed by atoms with Gasteiger partial charge in [0.2, 0.25) is 0 Å². The fraction of sp³-hybridized carbons (Fsp3) is 0.708. The SMILES string of the molecule is Cc1c(CN2CCCC23CCN(C(=O)OC(C)C(F)(F)F)CC3)cccc1N1CCOCC1. The van der Waals surface area contributed by atoms with Gasteiger partial charge in [-0.25, -0.2) is 4.79 Å². The maximum absolute atomic E-state index is 12.7. The highest BCUT2D eigenvalue weighted by molar-refractivity contribution is 5.68. The number of alkyl halides is 3. The number of hydrogen-bond donors (Lipinski definition) is 0. The van der Waals surface area contributed by atoms with Crippen LogP contribution in [0.3, 0.4) is 0 Å². The van der Waals surface area contributed by atoms with Crippen molar-refractivity contribution in [3.05, 3.63) is 29.3 Å². The molecular weight excluding hydrogens is 435 g/mol. The van der Waals surface area contributed by atoms with Gasteiger partial charge in [-0.15, -0.1) is 0 Å². The van der Waals surface area contributed by atoms with Crippen LogP contribution in [-0.4, -0.2) is 79.6 Å². The van der Waals surface area contributed by atoms with Gasteiger partial charge in [0, 0.05) is 44.0 Å². The van der Waals surface area contributed by atoms with Crippen molar-refractivity contribution in [2.45, 2.75) is 63.9 Å². The van der Waals surface area contributed by atoms with Crippen LogP contribution in [0.4, 0.5) is 23.7 Å². The van der Waals surface area contributed by atoms with Gasteiger partial charge >= 0.3 is 12.3 Å². The number of halogens is 3. The number of benzene rings is 1. The molecule has 33 heavy (non-hydrogen) atoms. The maximum Gasteiger partial charge on any atom is 0.425 e. The molecule has 1 atom stereocenters. The Hall–Kier alpha value is -2.00. The van der Waals surface area contributed by atoms with Crippen molar-refractivity contribution in [2.24, 2.45) is 0 Å². The summed E-state index contributed by atoms with van der Waals surface area (Å²) < 4.78 is 48.4. The molecule has 1 aromatic carbocycles. The number of ether oxygens (including phenoxy) is 2. The van der Waals surface area contributed by atoms with Crippen LogP contribution in [0.1, 0.15) is 43.7 Å². The van der Waals surface area contributed by atoms with Crippen LogP contribution in [0.15, 0.2) is 18.2 Å². The summed E-state index contributed by atoms with van der Waals surface area (Å²) in [5, 5.41) is 0. The van der Waals surface area contributed by atoms with Crippen molar-refractivity contribution in [2.75, 3.05) is 50.8 Å². The molecule has 3 saturated heterocycles. The molecule has 184 valence electrons. The molecule has 1 spiro atoms. The van der Waals surface area contributed by atoms with Gasteiger partial charge in [-0.3, -0.25) is 4.90 Å². The quantitative estimate of drug-likeness (QED) is 0.656. The normalized spacial score (nSPS) is 22.6. The Morgan fingerprint density at radius 3 is 2.48 bits per heavy atom. The van der Waals surface area contributed by atoms with E-state index in [9.17, 15) is 18.0 Å². The van der Waals surface area contributed by atoms with Crippen LogP contribution in [0.5, 0.6) is 0 Å². The molecule has 0 saturated carbocycles. The molecule has 1 unspecified atom stereocenters. The van der Waals surface area contributed by atoms with E-state index in [-0.39, 0.29) is 5.54 Å². The minimum absolute atomic E-state index is 0.00612. The summed E-state index contributed by atoms with van der Waals surface area (Å²) in [6, 6.07) is 6.49. The second-order valence-corrected chi connectivity index (χ2v) is 9.46. The second-order valence-electron chi connectivity index (χ2n) is 9.46. The number of rotatable bonds is 4. The maximum atomic E-state index is 12.7. The third kappa shape index (κ3) is 5.24. The molecule has 6 nitrogen and oxygen atoms in total. The number of anilines is 1. The lowest BCUT2D eigenvalue weighted by Gasteiger charge is -2.45. The minimum Gasteiger partial charge on any atom is -0.437 e. The Morgan fingerprint density at radius 2 is 1.82 bits per heavy atom. The molecule has 4 rings (SSSR count). The van der Waals surface area contributed by atoms with Crippen LogP contribution >= 0.6 is 0 Å².